The maximum atomic E-state index is 13.3. The Labute approximate surface area is 167 Å². The summed E-state index contributed by atoms with van der Waals surface area (Å²) in [4.78, 5) is 26.2. The molecule has 152 valence electrons. The summed E-state index contributed by atoms with van der Waals surface area (Å²) < 4.78 is 0. The molecule has 0 bridgehead atoms. The smallest absolute Gasteiger partial charge is 0.303 e. The molecule has 0 spiro atoms. The van der Waals surface area contributed by atoms with Crippen molar-refractivity contribution in [3.63, 3.8) is 0 Å². The van der Waals surface area contributed by atoms with E-state index in [0.717, 1.165) is 76.6 Å². The van der Waals surface area contributed by atoms with Gasteiger partial charge >= 0.3 is 5.97 Å². The number of carbonyl (C=O) groups is 2. The van der Waals surface area contributed by atoms with E-state index >= 15 is 0 Å². The second kappa shape index (κ2) is 8.64. The van der Waals surface area contributed by atoms with Crippen molar-refractivity contribution in [2.75, 3.05) is 19.6 Å². The Morgan fingerprint density at radius 1 is 1.11 bits per heavy atom. The lowest BCUT2D eigenvalue weighted by molar-refractivity contribution is -0.137. The first kappa shape index (κ1) is 19.4. The lowest BCUT2D eigenvalue weighted by atomic mass is 9.81. The van der Waals surface area contributed by atoms with E-state index in [1.54, 1.807) is 0 Å². The number of rotatable bonds is 5. The fourth-order valence-electron chi connectivity index (χ4n) is 5.34. The third-order valence-corrected chi connectivity index (χ3v) is 7.08. The molecule has 1 aromatic rings. The third kappa shape index (κ3) is 4.24. The Bertz CT molecular complexity index is 719. The van der Waals surface area contributed by atoms with Gasteiger partial charge in [-0.25, -0.2) is 0 Å². The van der Waals surface area contributed by atoms with Crippen LogP contribution in [0.5, 0.6) is 0 Å². The molecule has 1 aliphatic carbocycles. The van der Waals surface area contributed by atoms with Gasteiger partial charge in [0.15, 0.2) is 0 Å². The number of benzene rings is 1. The maximum absolute atomic E-state index is 13.3. The van der Waals surface area contributed by atoms with Crippen LogP contribution in [-0.2, 0) is 11.2 Å². The summed E-state index contributed by atoms with van der Waals surface area (Å²) in [5, 5.41) is 12.3. The number of carboxylic acid groups (broad SMARTS) is 1. The lowest BCUT2D eigenvalue weighted by Gasteiger charge is -2.39. The van der Waals surface area contributed by atoms with E-state index in [1.807, 2.05) is 0 Å². The lowest BCUT2D eigenvalue weighted by Crippen LogP contribution is -2.46. The van der Waals surface area contributed by atoms with Gasteiger partial charge in [-0.3, -0.25) is 9.59 Å². The monoisotopic (exact) mass is 384 g/mol. The van der Waals surface area contributed by atoms with Gasteiger partial charge in [-0.15, -0.1) is 0 Å². The summed E-state index contributed by atoms with van der Waals surface area (Å²) in [7, 11) is 0. The zero-order valence-electron chi connectivity index (χ0n) is 16.7. The van der Waals surface area contributed by atoms with Crippen molar-refractivity contribution in [2.45, 2.75) is 69.7 Å². The van der Waals surface area contributed by atoms with Gasteiger partial charge in [-0.2, -0.15) is 0 Å². The van der Waals surface area contributed by atoms with Crippen LogP contribution < -0.4 is 5.32 Å². The van der Waals surface area contributed by atoms with Gasteiger partial charge < -0.3 is 15.3 Å². The number of amides is 1. The number of nitrogens with zero attached hydrogens (tertiary/aromatic N) is 1. The molecular formula is C23H32N2O3. The molecule has 1 saturated carbocycles. The molecule has 4 rings (SSSR count). The highest BCUT2D eigenvalue weighted by Gasteiger charge is 2.33. The van der Waals surface area contributed by atoms with Gasteiger partial charge in [0.2, 0.25) is 0 Å². The van der Waals surface area contributed by atoms with Gasteiger partial charge in [0.05, 0.1) is 0 Å². The van der Waals surface area contributed by atoms with Crippen LogP contribution >= 0.6 is 0 Å². The summed E-state index contributed by atoms with van der Waals surface area (Å²) in [6.45, 7) is 2.95. The summed E-state index contributed by atoms with van der Waals surface area (Å²) in [5.41, 5.74) is 3.46. The largest absolute Gasteiger partial charge is 0.481 e. The Hall–Kier alpha value is -1.88. The standard InChI is InChI=1S/C23H32N2O3/c26-22(27)8-3-16-1-6-20(7-2-16)25-14-11-18-4-5-19(15-21(18)23(25)28)17-9-12-24-13-10-17/h4-5,15-17,20,24H,1-3,6-14H2,(H,26,27). The van der Waals surface area contributed by atoms with Crippen LogP contribution in [-0.4, -0.2) is 47.6 Å². The summed E-state index contributed by atoms with van der Waals surface area (Å²) in [6.07, 6.45) is 8.41. The SMILES string of the molecule is O=C(O)CCC1CCC(N2CCc3ccc(C4CCNCC4)cc3C2=O)CC1. The first-order valence-electron chi connectivity index (χ1n) is 11.0. The van der Waals surface area contributed by atoms with Crippen molar-refractivity contribution in [1.29, 1.82) is 0 Å². The van der Waals surface area contributed by atoms with Crippen molar-refractivity contribution in [2.24, 2.45) is 5.92 Å². The van der Waals surface area contributed by atoms with E-state index in [9.17, 15) is 9.59 Å². The summed E-state index contributed by atoms with van der Waals surface area (Å²) in [5.74, 6) is 0.589. The molecule has 2 heterocycles. The van der Waals surface area contributed by atoms with Gasteiger partial charge in [-0.1, -0.05) is 12.1 Å². The predicted molar refractivity (Wildman–Crippen MR) is 109 cm³/mol. The summed E-state index contributed by atoms with van der Waals surface area (Å²) >= 11 is 0. The van der Waals surface area contributed by atoms with E-state index in [4.69, 9.17) is 5.11 Å². The topological polar surface area (TPSA) is 69.6 Å². The second-order valence-electron chi connectivity index (χ2n) is 8.80. The first-order valence-corrected chi connectivity index (χ1v) is 11.0. The molecule has 1 aromatic carbocycles. The molecule has 2 aliphatic heterocycles. The number of nitrogens with one attached hydrogen (secondary N) is 1. The molecule has 28 heavy (non-hydrogen) atoms. The third-order valence-electron chi connectivity index (χ3n) is 7.08. The van der Waals surface area contributed by atoms with E-state index < -0.39 is 5.97 Å². The van der Waals surface area contributed by atoms with Crippen LogP contribution in [0.15, 0.2) is 18.2 Å². The number of hydrogen-bond donors (Lipinski definition) is 2. The molecule has 5 heteroatoms. The Kier molecular flexibility index (Phi) is 6.00. The highest BCUT2D eigenvalue weighted by Crippen LogP contribution is 2.34. The molecule has 2 N–H and O–H groups in total. The Morgan fingerprint density at radius 2 is 1.86 bits per heavy atom. The van der Waals surface area contributed by atoms with Crippen molar-refractivity contribution >= 4 is 11.9 Å². The number of piperidine rings is 1. The van der Waals surface area contributed by atoms with E-state index in [1.165, 1.54) is 11.1 Å². The van der Waals surface area contributed by atoms with Gasteiger partial charge in [-0.05, 0) is 93.5 Å². The molecule has 0 unspecified atom stereocenters. The minimum Gasteiger partial charge on any atom is -0.481 e. The van der Waals surface area contributed by atoms with Gasteiger partial charge in [0, 0.05) is 24.6 Å². The van der Waals surface area contributed by atoms with Crippen LogP contribution in [0.25, 0.3) is 0 Å². The van der Waals surface area contributed by atoms with Crippen LogP contribution in [0.3, 0.4) is 0 Å². The zero-order valence-corrected chi connectivity index (χ0v) is 16.7. The molecule has 1 amide bonds. The molecule has 0 radical (unpaired) electrons. The van der Waals surface area contributed by atoms with Crippen molar-refractivity contribution in [3.8, 4) is 0 Å². The number of carbonyl (C=O) groups excluding carboxylic acids is 1. The molecule has 0 aromatic heterocycles. The Balaban J connectivity index is 1.41. The maximum Gasteiger partial charge on any atom is 0.303 e. The van der Waals surface area contributed by atoms with Crippen molar-refractivity contribution in [1.82, 2.24) is 10.2 Å². The van der Waals surface area contributed by atoms with Crippen molar-refractivity contribution < 1.29 is 14.7 Å². The minimum atomic E-state index is -0.700. The average Bonchev–Trinajstić information content (AvgIpc) is 2.73. The molecule has 2 fully saturated rings. The number of aliphatic carboxylic acids is 1. The molecular weight excluding hydrogens is 352 g/mol. The fourth-order valence-corrected chi connectivity index (χ4v) is 5.34. The fraction of sp³-hybridized carbons (Fsp3) is 0.652. The number of carboxylic acids is 1. The second-order valence-corrected chi connectivity index (χ2v) is 8.80. The number of hydrogen-bond acceptors (Lipinski definition) is 3. The summed E-state index contributed by atoms with van der Waals surface area (Å²) in [6, 6.07) is 6.93. The number of fused-ring (bicyclic) bond motifs is 1. The Morgan fingerprint density at radius 3 is 2.57 bits per heavy atom. The zero-order chi connectivity index (χ0) is 19.5. The molecule has 1 saturated heterocycles. The van der Waals surface area contributed by atoms with Crippen molar-refractivity contribution in [3.05, 3.63) is 34.9 Å². The van der Waals surface area contributed by atoms with E-state index in [0.29, 0.717) is 17.9 Å². The van der Waals surface area contributed by atoms with Crippen LogP contribution in [0.2, 0.25) is 0 Å². The molecule has 3 aliphatic rings. The normalized spacial score (nSPS) is 26.1. The quantitative estimate of drug-likeness (QED) is 0.814. The average molecular weight is 385 g/mol. The molecule has 5 nitrogen and oxygen atoms in total. The van der Waals surface area contributed by atoms with Crippen LogP contribution in [0.4, 0.5) is 0 Å². The van der Waals surface area contributed by atoms with Gasteiger partial charge in [0.25, 0.3) is 5.91 Å². The highest BCUT2D eigenvalue weighted by atomic mass is 16.4. The van der Waals surface area contributed by atoms with E-state index in [2.05, 4.69) is 28.4 Å². The molecule has 0 atom stereocenters. The highest BCUT2D eigenvalue weighted by molar-refractivity contribution is 5.97. The first-order chi connectivity index (χ1) is 13.6. The van der Waals surface area contributed by atoms with E-state index in [-0.39, 0.29) is 12.3 Å². The minimum absolute atomic E-state index is 0.214. The van der Waals surface area contributed by atoms with Crippen LogP contribution in [0, 0.1) is 5.92 Å². The predicted octanol–water partition coefficient (Wildman–Crippen LogP) is 3.58. The van der Waals surface area contributed by atoms with Crippen LogP contribution in [0.1, 0.15) is 78.8 Å². The van der Waals surface area contributed by atoms with Gasteiger partial charge in [0.1, 0.15) is 0 Å².